The first kappa shape index (κ1) is 8.59. The van der Waals surface area contributed by atoms with E-state index in [4.69, 9.17) is 5.73 Å². The standard InChI is InChI=1S/C9H11NO2/c1-6(9(11)12)7-2-4-8(10)5-3-7/h2-6H,10H2,1H3,(H,11,12)/p-1/t6-/m0/s1. The quantitative estimate of drug-likeness (QED) is 0.631. The summed E-state index contributed by atoms with van der Waals surface area (Å²) in [5.41, 5.74) is 6.78. The molecule has 1 aromatic carbocycles. The number of carbonyl (C=O) groups excluding carboxylic acids is 1. The molecule has 0 aliphatic heterocycles. The number of nitrogen functional groups attached to an aromatic ring is 1. The SMILES string of the molecule is C[C@H](C(=O)[O-])c1ccc(N)cc1. The Hall–Kier alpha value is -1.51. The molecule has 0 saturated carbocycles. The number of carboxylic acids is 1. The molecule has 0 fully saturated rings. The lowest BCUT2D eigenvalue weighted by atomic mass is 10.0. The summed E-state index contributed by atoms with van der Waals surface area (Å²) in [4.78, 5) is 10.4. The molecule has 1 aromatic rings. The highest BCUT2D eigenvalue weighted by molar-refractivity contribution is 5.73. The molecular weight excluding hydrogens is 154 g/mol. The van der Waals surface area contributed by atoms with E-state index in [1.54, 1.807) is 31.2 Å². The maximum atomic E-state index is 10.4. The number of aliphatic carboxylic acids is 1. The van der Waals surface area contributed by atoms with Crippen molar-refractivity contribution in [1.29, 1.82) is 0 Å². The van der Waals surface area contributed by atoms with Gasteiger partial charge in [-0.1, -0.05) is 19.1 Å². The molecule has 3 nitrogen and oxygen atoms in total. The van der Waals surface area contributed by atoms with Gasteiger partial charge in [0.15, 0.2) is 0 Å². The van der Waals surface area contributed by atoms with Gasteiger partial charge in [0, 0.05) is 17.6 Å². The van der Waals surface area contributed by atoms with Gasteiger partial charge >= 0.3 is 0 Å². The van der Waals surface area contributed by atoms with Crippen molar-refractivity contribution in [3.8, 4) is 0 Å². The summed E-state index contributed by atoms with van der Waals surface area (Å²) in [5.74, 6) is -1.65. The Kier molecular flexibility index (Phi) is 2.33. The number of rotatable bonds is 2. The maximum Gasteiger partial charge on any atom is 0.0486 e. The first-order valence-electron chi connectivity index (χ1n) is 3.67. The molecule has 0 radical (unpaired) electrons. The van der Waals surface area contributed by atoms with Crippen LogP contribution < -0.4 is 10.8 Å². The Morgan fingerprint density at radius 3 is 2.33 bits per heavy atom. The van der Waals surface area contributed by atoms with Gasteiger partial charge in [-0.05, 0) is 17.7 Å². The predicted octanol–water partition coefficient (Wildman–Crippen LogP) is 0.122. The van der Waals surface area contributed by atoms with Crippen LogP contribution in [0.1, 0.15) is 18.4 Å². The zero-order valence-electron chi connectivity index (χ0n) is 6.78. The Morgan fingerprint density at radius 2 is 1.92 bits per heavy atom. The van der Waals surface area contributed by atoms with E-state index in [0.717, 1.165) is 0 Å². The highest BCUT2D eigenvalue weighted by Crippen LogP contribution is 2.15. The summed E-state index contributed by atoms with van der Waals surface area (Å²) >= 11 is 0. The summed E-state index contributed by atoms with van der Waals surface area (Å²) in [6.07, 6.45) is 0. The number of nitrogens with two attached hydrogens (primary N) is 1. The largest absolute Gasteiger partial charge is 0.550 e. The van der Waals surface area contributed by atoms with E-state index in [9.17, 15) is 9.90 Å². The van der Waals surface area contributed by atoms with E-state index >= 15 is 0 Å². The van der Waals surface area contributed by atoms with Crippen LogP contribution in [0.5, 0.6) is 0 Å². The van der Waals surface area contributed by atoms with Crippen molar-refractivity contribution in [2.24, 2.45) is 0 Å². The summed E-state index contributed by atoms with van der Waals surface area (Å²) in [6, 6.07) is 6.73. The maximum absolute atomic E-state index is 10.4. The average Bonchev–Trinajstić information content (AvgIpc) is 2.04. The van der Waals surface area contributed by atoms with Crippen LogP contribution in [0.15, 0.2) is 24.3 Å². The monoisotopic (exact) mass is 164 g/mol. The molecule has 0 aliphatic rings. The lowest BCUT2D eigenvalue weighted by Crippen LogP contribution is -2.27. The van der Waals surface area contributed by atoms with E-state index in [0.29, 0.717) is 11.3 Å². The van der Waals surface area contributed by atoms with Crippen molar-refractivity contribution in [2.75, 3.05) is 5.73 Å². The number of hydrogen-bond donors (Lipinski definition) is 1. The van der Waals surface area contributed by atoms with Crippen LogP contribution in [-0.4, -0.2) is 5.97 Å². The number of anilines is 1. The lowest BCUT2D eigenvalue weighted by Gasteiger charge is -2.12. The third kappa shape index (κ3) is 1.75. The van der Waals surface area contributed by atoms with Crippen LogP contribution in [-0.2, 0) is 4.79 Å². The van der Waals surface area contributed by atoms with E-state index < -0.39 is 11.9 Å². The van der Waals surface area contributed by atoms with Gasteiger partial charge < -0.3 is 15.6 Å². The van der Waals surface area contributed by atoms with Crippen molar-refractivity contribution in [2.45, 2.75) is 12.8 Å². The van der Waals surface area contributed by atoms with Crippen molar-refractivity contribution in [1.82, 2.24) is 0 Å². The fourth-order valence-corrected chi connectivity index (χ4v) is 0.921. The third-order valence-corrected chi connectivity index (χ3v) is 1.79. The number of carbonyl (C=O) groups is 1. The second-order valence-corrected chi connectivity index (χ2v) is 2.71. The fourth-order valence-electron chi connectivity index (χ4n) is 0.921. The minimum absolute atomic E-state index is 0.578. The van der Waals surface area contributed by atoms with Crippen LogP contribution in [0.3, 0.4) is 0 Å². The summed E-state index contributed by atoms with van der Waals surface area (Å²) in [7, 11) is 0. The van der Waals surface area contributed by atoms with Crippen molar-refractivity contribution >= 4 is 11.7 Å². The summed E-state index contributed by atoms with van der Waals surface area (Å²) in [5, 5.41) is 10.4. The van der Waals surface area contributed by atoms with Gasteiger partial charge in [-0.25, -0.2) is 0 Å². The molecule has 64 valence electrons. The minimum atomic E-state index is -1.07. The van der Waals surface area contributed by atoms with E-state index in [-0.39, 0.29) is 0 Å². The van der Waals surface area contributed by atoms with Gasteiger partial charge in [0.1, 0.15) is 0 Å². The Balaban J connectivity index is 2.89. The topological polar surface area (TPSA) is 66.1 Å². The number of carboxylic acid groups (broad SMARTS) is 1. The van der Waals surface area contributed by atoms with Crippen LogP contribution in [0.25, 0.3) is 0 Å². The first-order valence-corrected chi connectivity index (χ1v) is 3.67. The molecule has 0 bridgehead atoms. The van der Waals surface area contributed by atoms with Crippen LogP contribution in [0, 0.1) is 0 Å². The van der Waals surface area contributed by atoms with E-state index in [1.807, 2.05) is 0 Å². The smallest absolute Gasteiger partial charge is 0.0486 e. The van der Waals surface area contributed by atoms with Gasteiger partial charge in [0.05, 0.1) is 0 Å². The Morgan fingerprint density at radius 1 is 1.42 bits per heavy atom. The van der Waals surface area contributed by atoms with Gasteiger partial charge in [-0.3, -0.25) is 0 Å². The molecule has 0 spiro atoms. The number of benzene rings is 1. The van der Waals surface area contributed by atoms with Gasteiger partial charge in [0.2, 0.25) is 0 Å². The van der Waals surface area contributed by atoms with Crippen LogP contribution in [0.2, 0.25) is 0 Å². The average molecular weight is 164 g/mol. The molecule has 1 rings (SSSR count). The molecule has 3 heteroatoms. The summed E-state index contributed by atoms with van der Waals surface area (Å²) in [6.45, 7) is 1.58. The van der Waals surface area contributed by atoms with Crippen molar-refractivity contribution in [3.05, 3.63) is 29.8 Å². The molecule has 1 atom stereocenters. The van der Waals surface area contributed by atoms with Crippen molar-refractivity contribution < 1.29 is 9.90 Å². The van der Waals surface area contributed by atoms with Crippen LogP contribution in [0.4, 0.5) is 5.69 Å². The lowest BCUT2D eigenvalue weighted by molar-refractivity contribution is -0.307. The molecule has 0 unspecified atom stereocenters. The zero-order chi connectivity index (χ0) is 9.14. The Bertz CT molecular complexity index is 279. The minimum Gasteiger partial charge on any atom is -0.550 e. The number of hydrogen-bond acceptors (Lipinski definition) is 3. The highest BCUT2D eigenvalue weighted by atomic mass is 16.4. The normalized spacial score (nSPS) is 12.4. The highest BCUT2D eigenvalue weighted by Gasteiger charge is 2.04. The summed E-state index contributed by atoms with van der Waals surface area (Å²) < 4.78 is 0. The molecule has 0 heterocycles. The molecule has 2 N–H and O–H groups in total. The van der Waals surface area contributed by atoms with Crippen molar-refractivity contribution in [3.63, 3.8) is 0 Å². The molecule has 0 saturated heterocycles. The molecular formula is C9H10NO2-. The molecule has 0 aromatic heterocycles. The fraction of sp³-hybridized carbons (Fsp3) is 0.222. The van der Waals surface area contributed by atoms with Gasteiger partial charge in [-0.15, -0.1) is 0 Å². The van der Waals surface area contributed by atoms with E-state index in [2.05, 4.69) is 0 Å². The first-order chi connectivity index (χ1) is 5.61. The Labute approximate surface area is 70.8 Å². The predicted molar refractivity (Wildman–Crippen MR) is 44.3 cm³/mol. The molecule has 12 heavy (non-hydrogen) atoms. The van der Waals surface area contributed by atoms with Gasteiger partial charge in [-0.2, -0.15) is 0 Å². The second-order valence-electron chi connectivity index (χ2n) is 2.71. The van der Waals surface area contributed by atoms with E-state index in [1.165, 1.54) is 0 Å². The van der Waals surface area contributed by atoms with Gasteiger partial charge in [0.25, 0.3) is 0 Å². The van der Waals surface area contributed by atoms with Crippen LogP contribution >= 0.6 is 0 Å². The molecule has 0 amide bonds. The second kappa shape index (κ2) is 3.26. The molecule has 0 aliphatic carbocycles. The third-order valence-electron chi connectivity index (χ3n) is 1.79. The zero-order valence-corrected chi connectivity index (χ0v) is 6.78.